The van der Waals surface area contributed by atoms with Gasteiger partial charge in [0.1, 0.15) is 17.7 Å². The number of ether oxygens (including phenoxy) is 1. The molecule has 1 N–H and O–H groups in total. The van der Waals surface area contributed by atoms with Crippen molar-refractivity contribution in [2.75, 3.05) is 6.61 Å². The van der Waals surface area contributed by atoms with Gasteiger partial charge in [0.15, 0.2) is 0 Å². The Morgan fingerprint density at radius 2 is 2.30 bits per heavy atom. The molecule has 1 aliphatic heterocycles. The van der Waals surface area contributed by atoms with E-state index in [-0.39, 0.29) is 23.5 Å². The zero-order valence-electron chi connectivity index (χ0n) is 13.0. The Morgan fingerprint density at radius 1 is 1.52 bits per heavy atom. The fourth-order valence-corrected chi connectivity index (χ4v) is 2.82. The van der Waals surface area contributed by atoms with Crippen LogP contribution in [0, 0.1) is 28.9 Å². The molecule has 4 nitrogen and oxygen atoms in total. The van der Waals surface area contributed by atoms with E-state index >= 15 is 0 Å². The molecule has 23 heavy (non-hydrogen) atoms. The maximum absolute atomic E-state index is 13.8. The minimum Gasteiger partial charge on any atom is -0.378 e. The van der Waals surface area contributed by atoms with Gasteiger partial charge < -0.3 is 10.1 Å². The lowest BCUT2D eigenvalue weighted by atomic mass is 9.92. The first-order valence-electron chi connectivity index (χ1n) is 7.81. The number of nitrogens with zero attached hydrogens (tertiary/aromatic N) is 1. The molecule has 1 fully saturated rings. The minimum absolute atomic E-state index is 0.0283. The third kappa shape index (κ3) is 4.49. The van der Waals surface area contributed by atoms with Crippen molar-refractivity contribution < 1.29 is 18.3 Å². The number of hydrogen-bond acceptors (Lipinski definition) is 3. The number of carbonyl (C=O) groups excluding carboxylic acids is 1. The van der Waals surface area contributed by atoms with Gasteiger partial charge in [0.2, 0.25) is 5.91 Å². The highest BCUT2D eigenvalue weighted by Gasteiger charge is 2.29. The summed E-state index contributed by atoms with van der Waals surface area (Å²) in [5.41, 5.74) is -0.0283. The summed E-state index contributed by atoms with van der Waals surface area (Å²) in [6, 6.07) is 3.69. The number of halogens is 2. The summed E-state index contributed by atoms with van der Waals surface area (Å²) < 4.78 is 32.3. The van der Waals surface area contributed by atoms with Gasteiger partial charge in [-0.2, -0.15) is 5.26 Å². The number of nitriles is 1. The maximum Gasteiger partial charge on any atom is 0.224 e. The lowest BCUT2D eigenvalue weighted by Gasteiger charge is -2.29. The highest BCUT2D eigenvalue weighted by molar-refractivity contribution is 5.79. The molecule has 0 spiro atoms. The minimum atomic E-state index is -1.13. The molecule has 1 aliphatic rings. The Hall–Kier alpha value is -2.00. The van der Waals surface area contributed by atoms with Crippen molar-refractivity contribution in [2.24, 2.45) is 5.92 Å². The van der Waals surface area contributed by atoms with Crippen LogP contribution in [-0.4, -0.2) is 18.6 Å². The van der Waals surface area contributed by atoms with E-state index in [0.717, 1.165) is 18.9 Å². The predicted octanol–water partition coefficient (Wildman–Crippen LogP) is 3.24. The van der Waals surface area contributed by atoms with Gasteiger partial charge in [-0.15, -0.1) is 0 Å². The Kier molecular flexibility index (Phi) is 6.05. The second-order valence-electron chi connectivity index (χ2n) is 5.74. The van der Waals surface area contributed by atoms with Crippen LogP contribution in [0.4, 0.5) is 8.78 Å². The highest BCUT2D eigenvalue weighted by atomic mass is 19.1. The number of carbonyl (C=O) groups is 1. The summed E-state index contributed by atoms with van der Waals surface area (Å²) in [6.45, 7) is 2.56. The van der Waals surface area contributed by atoms with Gasteiger partial charge in [-0.3, -0.25) is 4.79 Å². The van der Waals surface area contributed by atoms with Crippen molar-refractivity contribution in [2.45, 2.75) is 44.8 Å². The molecule has 1 aromatic rings. The second kappa shape index (κ2) is 8.02. The number of hydrogen-bond donors (Lipinski definition) is 1. The molecule has 2 rings (SSSR count). The van der Waals surface area contributed by atoms with E-state index < -0.39 is 17.7 Å². The van der Waals surface area contributed by atoms with Gasteiger partial charge in [0, 0.05) is 24.2 Å². The Bertz CT molecular complexity index is 599. The topological polar surface area (TPSA) is 62.1 Å². The number of amides is 1. The van der Waals surface area contributed by atoms with E-state index in [2.05, 4.69) is 12.2 Å². The number of nitrogens with one attached hydrogen (secondary N) is 1. The average molecular weight is 322 g/mol. The van der Waals surface area contributed by atoms with Crippen molar-refractivity contribution in [3.05, 3.63) is 35.4 Å². The standard InChI is InChI=1S/C17H20F2N2O2/c1-2-3-13-8-11(6-7-23-13)17(22)21-16(10-20)14-5-4-12(18)9-15(14)19/h4-5,9,11,13,16H,2-3,6-8H2,1H3,(H,21,22)/t11-,13-,16-/m1/s1. The Labute approximate surface area is 134 Å². The predicted molar refractivity (Wildman–Crippen MR) is 80.2 cm³/mol. The lowest BCUT2D eigenvalue weighted by Crippen LogP contribution is -2.39. The van der Waals surface area contributed by atoms with Gasteiger partial charge in [-0.05, 0) is 25.3 Å². The van der Waals surface area contributed by atoms with E-state index in [0.29, 0.717) is 25.5 Å². The summed E-state index contributed by atoms with van der Waals surface area (Å²) in [5, 5.41) is 11.8. The lowest BCUT2D eigenvalue weighted by molar-refractivity contribution is -0.130. The molecule has 1 saturated heterocycles. The zero-order valence-corrected chi connectivity index (χ0v) is 13.0. The summed E-state index contributed by atoms with van der Waals surface area (Å²) >= 11 is 0. The van der Waals surface area contributed by atoms with Crippen LogP contribution in [0.2, 0.25) is 0 Å². The fraction of sp³-hybridized carbons (Fsp3) is 0.529. The Morgan fingerprint density at radius 3 is 2.96 bits per heavy atom. The molecule has 1 amide bonds. The smallest absolute Gasteiger partial charge is 0.224 e. The molecule has 6 heteroatoms. The molecule has 0 aliphatic carbocycles. The molecule has 0 aromatic heterocycles. The largest absolute Gasteiger partial charge is 0.378 e. The number of benzene rings is 1. The van der Waals surface area contributed by atoms with E-state index in [4.69, 9.17) is 4.74 Å². The van der Waals surface area contributed by atoms with E-state index in [9.17, 15) is 18.8 Å². The summed E-state index contributed by atoms with van der Waals surface area (Å²) in [5.74, 6) is -2.10. The van der Waals surface area contributed by atoms with Crippen LogP contribution in [0.5, 0.6) is 0 Å². The second-order valence-corrected chi connectivity index (χ2v) is 5.74. The fourth-order valence-electron chi connectivity index (χ4n) is 2.82. The quantitative estimate of drug-likeness (QED) is 0.905. The SMILES string of the molecule is CCC[C@@H]1C[C@H](C(=O)N[C@H](C#N)c2ccc(F)cc2F)CCO1. The van der Waals surface area contributed by atoms with Crippen LogP contribution < -0.4 is 5.32 Å². The van der Waals surface area contributed by atoms with Crippen molar-refractivity contribution in [3.63, 3.8) is 0 Å². The van der Waals surface area contributed by atoms with Crippen LogP contribution in [-0.2, 0) is 9.53 Å². The van der Waals surface area contributed by atoms with E-state index in [1.54, 1.807) is 0 Å². The first-order valence-corrected chi connectivity index (χ1v) is 7.81. The van der Waals surface area contributed by atoms with Gasteiger partial charge in [-0.25, -0.2) is 8.78 Å². The molecule has 0 bridgehead atoms. The molecule has 0 unspecified atom stereocenters. The van der Waals surface area contributed by atoms with Crippen molar-refractivity contribution in [3.8, 4) is 6.07 Å². The first-order chi connectivity index (χ1) is 11.0. The highest BCUT2D eigenvalue weighted by Crippen LogP contribution is 2.25. The van der Waals surface area contributed by atoms with Crippen molar-refractivity contribution >= 4 is 5.91 Å². The van der Waals surface area contributed by atoms with Gasteiger partial charge >= 0.3 is 0 Å². The summed E-state index contributed by atoms with van der Waals surface area (Å²) in [7, 11) is 0. The molecular weight excluding hydrogens is 302 g/mol. The normalized spacial score (nSPS) is 22.2. The average Bonchev–Trinajstić information content (AvgIpc) is 2.53. The van der Waals surface area contributed by atoms with Crippen molar-refractivity contribution in [1.29, 1.82) is 5.26 Å². The molecule has 0 radical (unpaired) electrons. The zero-order chi connectivity index (χ0) is 16.8. The monoisotopic (exact) mass is 322 g/mol. The molecule has 1 heterocycles. The van der Waals surface area contributed by atoms with Crippen LogP contribution in [0.1, 0.15) is 44.2 Å². The summed E-state index contributed by atoms with van der Waals surface area (Å²) in [6.07, 6.45) is 3.09. The van der Waals surface area contributed by atoms with Gasteiger partial charge in [-0.1, -0.05) is 19.4 Å². The van der Waals surface area contributed by atoms with Crippen molar-refractivity contribution in [1.82, 2.24) is 5.32 Å². The van der Waals surface area contributed by atoms with Crippen LogP contribution in [0.25, 0.3) is 0 Å². The molecule has 124 valence electrons. The van der Waals surface area contributed by atoms with E-state index in [1.165, 1.54) is 6.07 Å². The molecule has 1 aromatic carbocycles. The molecular formula is C17H20F2N2O2. The molecule has 3 atom stereocenters. The third-order valence-corrected chi connectivity index (χ3v) is 4.04. The molecule has 0 saturated carbocycles. The van der Waals surface area contributed by atoms with Crippen LogP contribution in [0.3, 0.4) is 0 Å². The van der Waals surface area contributed by atoms with E-state index in [1.807, 2.05) is 6.07 Å². The number of rotatable bonds is 5. The Balaban J connectivity index is 2.03. The van der Waals surface area contributed by atoms with Gasteiger partial charge in [0.05, 0.1) is 12.2 Å². The summed E-state index contributed by atoms with van der Waals surface area (Å²) in [4.78, 5) is 12.4. The maximum atomic E-state index is 13.8. The first kappa shape index (κ1) is 17.4. The van der Waals surface area contributed by atoms with Crippen LogP contribution in [0.15, 0.2) is 18.2 Å². The van der Waals surface area contributed by atoms with Crippen LogP contribution >= 0.6 is 0 Å². The third-order valence-electron chi connectivity index (χ3n) is 4.04. The van der Waals surface area contributed by atoms with Gasteiger partial charge in [0.25, 0.3) is 0 Å².